The van der Waals surface area contributed by atoms with E-state index in [4.69, 9.17) is 28.9 Å². The molecule has 2 N–H and O–H groups in total. The van der Waals surface area contributed by atoms with Gasteiger partial charge in [0, 0.05) is 29.2 Å². The van der Waals surface area contributed by atoms with Gasteiger partial charge in [0.15, 0.2) is 0 Å². The van der Waals surface area contributed by atoms with E-state index in [0.29, 0.717) is 23.1 Å². The first-order chi connectivity index (χ1) is 11.6. The number of rotatable bonds is 2. The fourth-order valence-electron chi connectivity index (χ4n) is 3.14. The summed E-state index contributed by atoms with van der Waals surface area (Å²) < 4.78 is 2.90. The molecule has 0 saturated heterocycles. The minimum absolute atomic E-state index is 0.0305. The number of nitrogens with zero attached hydrogens (tertiary/aromatic N) is 3. The van der Waals surface area contributed by atoms with Crippen LogP contribution in [0.1, 0.15) is 10.4 Å². The van der Waals surface area contributed by atoms with Crippen molar-refractivity contribution in [3.63, 3.8) is 0 Å². The van der Waals surface area contributed by atoms with Gasteiger partial charge in [-0.05, 0) is 18.1 Å². The third-order valence-electron chi connectivity index (χ3n) is 4.30. The van der Waals surface area contributed by atoms with Crippen molar-refractivity contribution in [1.29, 1.82) is 0 Å². The second-order valence-electron chi connectivity index (χ2n) is 5.64. The molecule has 0 aliphatic carbocycles. The van der Waals surface area contributed by atoms with Gasteiger partial charge in [-0.15, -0.1) is 11.3 Å². The van der Waals surface area contributed by atoms with Crippen LogP contribution in [0.4, 0.5) is 0 Å². The van der Waals surface area contributed by atoms with Gasteiger partial charge in [-0.25, -0.2) is 4.98 Å². The minimum Gasteiger partial charge on any atom is -0.336 e. The van der Waals surface area contributed by atoms with E-state index in [1.807, 2.05) is 16.8 Å². The summed E-state index contributed by atoms with van der Waals surface area (Å²) in [5.41, 5.74) is 7.69. The molecule has 5 nitrogen and oxygen atoms in total. The first kappa shape index (κ1) is 15.9. The minimum atomic E-state index is -0.0305. The van der Waals surface area contributed by atoms with E-state index in [-0.39, 0.29) is 12.5 Å². The van der Waals surface area contributed by atoms with Crippen molar-refractivity contribution in [1.82, 2.24) is 14.5 Å². The van der Waals surface area contributed by atoms with Gasteiger partial charge in [0.25, 0.3) is 0 Å². The van der Waals surface area contributed by atoms with Crippen LogP contribution in [0.3, 0.4) is 0 Å². The van der Waals surface area contributed by atoms with Gasteiger partial charge in [0.05, 0.1) is 39.8 Å². The number of carbonyl (C=O) groups is 1. The lowest BCUT2D eigenvalue weighted by Crippen LogP contribution is -2.39. The highest BCUT2D eigenvalue weighted by atomic mass is 35.5. The zero-order valence-corrected chi connectivity index (χ0v) is 15.0. The topological polar surface area (TPSA) is 64.2 Å². The monoisotopic (exact) mass is 380 g/mol. The van der Waals surface area contributed by atoms with Gasteiger partial charge in [-0.2, -0.15) is 0 Å². The third-order valence-corrected chi connectivity index (χ3v) is 6.43. The Morgan fingerprint density at radius 1 is 1.42 bits per heavy atom. The first-order valence-electron chi connectivity index (χ1n) is 7.48. The van der Waals surface area contributed by atoms with Crippen LogP contribution in [0.5, 0.6) is 0 Å². The molecule has 1 aliphatic rings. The molecule has 2 aromatic heterocycles. The average molecular weight is 381 g/mol. The van der Waals surface area contributed by atoms with E-state index in [9.17, 15) is 4.79 Å². The Labute approximate surface area is 152 Å². The predicted octanol–water partition coefficient (Wildman–Crippen LogP) is 3.24. The largest absolute Gasteiger partial charge is 0.336 e. The average Bonchev–Trinajstić information content (AvgIpc) is 3.24. The summed E-state index contributed by atoms with van der Waals surface area (Å²) in [4.78, 5) is 19.0. The van der Waals surface area contributed by atoms with E-state index >= 15 is 0 Å². The lowest BCUT2D eigenvalue weighted by Gasteiger charge is -2.26. The molecule has 124 valence electrons. The smallest absolute Gasteiger partial charge is 0.236 e. The molecule has 4 rings (SSSR count). The first-order valence-corrected chi connectivity index (χ1v) is 9.05. The van der Waals surface area contributed by atoms with Gasteiger partial charge in [-0.1, -0.05) is 23.2 Å². The highest BCUT2D eigenvalue weighted by Crippen LogP contribution is 2.44. The molecule has 8 heteroatoms. The quantitative estimate of drug-likeness (QED) is 0.741. The Morgan fingerprint density at radius 2 is 2.25 bits per heavy atom. The fraction of sp³-hybridized carbons (Fsp3) is 0.250. The van der Waals surface area contributed by atoms with Crippen LogP contribution in [0.25, 0.3) is 15.8 Å². The number of amides is 1. The highest BCUT2D eigenvalue weighted by molar-refractivity contribution is 7.20. The number of fused-ring (bicyclic) bond motifs is 3. The molecule has 0 bridgehead atoms. The number of halogens is 2. The highest BCUT2D eigenvalue weighted by Gasteiger charge is 2.26. The van der Waals surface area contributed by atoms with E-state index in [1.165, 1.54) is 5.56 Å². The fourth-order valence-corrected chi connectivity index (χ4v) is 4.98. The summed E-state index contributed by atoms with van der Waals surface area (Å²) in [6.07, 6.45) is 6.14. The summed E-state index contributed by atoms with van der Waals surface area (Å²) in [5.74, 6) is -0.0305. The molecular weight excluding hydrogens is 367 g/mol. The Kier molecular flexibility index (Phi) is 4.00. The summed E-state index contributed by atoms with van der Waals surface area (Å²) in [7, 11) is 0. The van der Waals surface area contributed by atoms with Gasteiger partial charge >= 0.3 is 0 Å². The number of benzene rings is 1. The van der Waals surface area contributed by atoms with Crippen molar-refractivity contribution in [3.8, 4) is 5.69 Å². The van der Waals surface area contributed by atoms with E-state index in [0.717, 1.165) is 27.1 Å². The van der Waals surface area contributed by atoms with E-state index in [2.05, 4.69) is 4.98 Å². The predicted molar refractivity (Wildman–Crippen MR) is 97.1 cm³/mol. The molecule has 0 radical (unpaired) electrons. The van der Waals surface area contributed by atoms with Crippen LogP contribution in [0, 0.1) is 0 Å². The molecule has 0 unspecified atom stereocenters. The van der Waals surface area contributed by atoms with Crippen molar-refractivity contribution in [2.75, 3.05) is 13.1 Å². The van der Waals surface area contributed by atoms with Gasteiger partial charge in [-0.3, -0.25) is 4.79 Å². The number of imidazole rings is 1. The zero-order valence-electron chi connectivity index (χ0n) is 12.6. The second-order valence-corrected chi connectivity index (χ2v) is 7.53. The maximum Gasteiger partial charge on any atom is 0.236 e. The molecular formula is C16H14Cl2N4OS. The molecule has 3 heterocycles. The Bertz CT molecular complexity index is 936. The summed E-state index contributed by atoms with van der Waals surface area (Å²) in [6, 6.07) is 1.87. The van der Waals surface area contributed by atoms with Crippen molar-refractivity contribution in [2.24, 2.45) is 5.73 Å². The summed E-state index contributed by atoms with van der Waals surface area (Å²) >= 11 is 14.4. The standard InChI is InChI=1S/C16H14Cl2N4OS/c17-10-5-11(22-4-2-20-8-22)14-9-1-3-21(13(23)6-19)7-12(9)24-16(14)15(10)18/h2,4-5,8H,1,3,6-7,19H2. The molecule has 0 spiro atoms. The van der Waals surface area contributed by atoms with Crippen molar-refractivity contribution in [3.05, 3.63) is 45.3 Å². The lowest BCUT2D eigenvalue weighted by molar-refractivity contribution is -0.130. The number of carbonyl (C=O) groups excluding carboxylic acids is 1. The molecule has 3 aromatic rings. The van der Waals surface area contributed by atoms with Crippen LogP contribution in [0.15, 0.2) is 24.8 Å². The van der Waals surface area contributed by atoms with Crippen LogP contribution in [-0.4, -0.2) is 33.4 Å². The number of hydrogen-bond acceptors (Lipinski definition) is 4. The number of aromatic nitrogens is 2. The molecule has 0 fully saturated rings. The Morgan fingerprint density at radius 3 is 2.96 bits per heavy atom. The van der Waals surface area contributed by atoms with Gasteiger partial charge in [0.2, 0.25) is 5.91 Å². The van der Waals surface area contributed by atoms with E-state index < -0.39 is 0 Å². The maximum absolute atomic E-state index is 11.9. The van der Waals surface area contributed by atoms with Crippen LogP contribution < -0.4 is 5.73 Å². The summed E-state index contributed by atoms with van der Waals surface area (Å²) in [5, 5.41) is 2.18. The normalized spacial score (nSPS) is 14.2. The third kappa shape index (κ3) is 2.41. The zero-order chi connectivity index (χ0) is 16.8. The Hall–Kier alpha value is -1.60. The number of nitrogens with two attached hydrogens (primary N) is 1. The number of hydrogen-bond donors (Lipinski definition) is 1. The van der Waals surface area contributed by atoms with E-state index in [1.54, 1.807) is 28.8 Å². The molecule has 0 atom stereocenters. The van der Waals surface area contributed by atoms with Gasteiger partial charge < -0.3 is 15.2 Å². The van der Waals surface area contributed by atoms with Crippen LogP contribution in [-0.2, 0) is 17.8 Å². The van der Waals surface area contributed by atoms with Crippen LogP contribution in [0.2, 0.25) is 10.0 Å². The van der Waals surface area contributed by atoms with Crippen molar-refractivity contribution >= 4 is 50.5 Å². The number of thiophene rings is 1. The van der Waals surface area contributed by atoms with Gasteiger partial charge in [0.1, 0.15) is 0 Å². The van der Waals surface area contributed by atoms with Crippen LogP contribution >= 0.6 is 34.5 Å². The summed E-state index contributed by atoms with van der Waals surface area (Å²) in [6.45, 7) is 1.27. The maximum atomic E-state index is 11.9. The second kappa shape index (κ2) is 6.04. The molecule has 0 saturated carbocycles. The molecule has 1 aliphatic heterocycles. The lowest BCUT2D eigenvalue weighted by atomic mass is 10.0. The molecule has 1 aromatic carbocycles. The molecule has 24 heavy (non-hydrogen) atoms. The SMILES string of the molecule is NCC(=O)N1CCc2c(sc3c(Cl)c(Cl)cc(-n4ccnc4)c23)C1. The van der Waals surface area contributed by atoms with Crippen molar-refractivity contribution in [2.45, 2.75) is 13.0 Å². The Balaban J connectivity index is 1.93. The molecule has 1 amide bonds. The van der Waals surface area contributed by atoms with Crippen molar-refractivity contribution < 1.29 is 4.79 Å².